The van der Waals surface area contributed by atoms with Crippen LogP contribution in [0.4, 0.5) is 0 Å². The van der Waals surface area contributed by atoms with Crippen LogP contribution in [0.1, 0.15) is 0 Å². The van der Waals surface area contributed by atoms with Gasteiger partial charge in [0.2, 0.25) is 0 Å². The number of hydrogen-bond acceptors (Lipinski definition) is 4. The molecule has 0 atom stereocenters. The van der Waals surface area contributed by atoms with Gasteiger partial charge in [0, 0.05) is 0 Å². The van der Waals surface area contributed by atoms with Gasteiger partial charge in [-0.25, -0.2) is 0 Å². The van der Waals surface area contributed by atoms with Crippen molar-refractivity contribution in [3.05, 3.63) is 0 Å². The van der Waals surface area contributed by atoms with Gasteiger partial charge < -0.3 is 19.2 Å². The predicted molar refractivity (Wildman–Crippen MR) is 20.4 cm³/mol. The molecule has 0 rings (SSSR count). The molecule has 0 aromatic carbocycles. The molecule has 32 valence electrons. The van der Waals surface area contributed by atoms with E-state index in [1.165, 1.54) is 0 Å². The fourth-order valence-electron chi connectivity index (χ4n) is 0. The Bertz CT molecular complexity index is 31.5. The van der Waals surface area contributed by atoms with Crippen molar-refractivity contribution in [3.63, 3.8) is 0 Å². The zero-order valence-corrected chi connectivity index (χ0v) is 12.1. The minimum atomic E-state index is -4.61. The van der Waals surface area contributed by atoms with Crippen LogP contribution in [0.15, 0.2) is 0 Å². The maximum Gasteiger partial charge on any atom is 3.00 e. The molecule has 4 nitrogen and oxygen atoms in total. The molecule has 8 heavy (non-hydrogen) atoms. The van der Waals surface area contributed by atoms with Crippen molar-refractivity contribution in [1.82, 2.24) is 0 Å². The average Bonchev–Trinajstić information content (AvgIpc) is 0.722. The van der Waals surface area contributed by atoms with Gasteiger partial charge in [0.25, 0.3) is 0 Å². The van der Waals surface area contributed by atoms with E-state index in [0.717, 1.165) is 0 Å². The second-order valence-electron chi connectivity index (χ2n) is 0.600. The third-order valence-corrected chi connectivity index (χ3v) is 0. The maximum atomic E-state index is 7.33. The molecule has 0 fully saturated rings. The van der Waals surface area contributed by atoms with Crippen LogP contribution in [0.25, 0.3) is 0 Å². The van der Waals surface area contributed by atoms with E-state index in [2.05, 4.69) is 0 Å². The molecule has 8 heteroatoms. The van der Waals surface area contributed by atoms with Gasteiger partial charge in [-0.05, 0) is 0 Å². The van der Waals surface area contributed by atoms with Crippen molar-refractivity contribution >= 4 is 26.4 Å². The van der Waals surface area contributed by atoms with Gasteiger partial charge in [-0.2, -0.15) is 0 Å². The van der Waals surface area contributed by atoms with Crippen molar-refractivity contribution in [2.75, 3.05) is 0 Å². The summed E-state index contributed by atoms with van der Waals surface area (Å²) < 4.78 is 0. The Hall–Kier alpha value is 3.23. The van der Waals surface area contributed by atoms with Crippen molar-refractivity contribution in [2.24, 2.45) is 0 Å². The van der Waals surface area contributed by atoms with Gasteiger partial charge in [-0.3, -0.25) is 0 Å². The van der Waals surface area contributed by atoms with Gasteiger partial charge in [0.05, 0.1) is 0 Å². The van der Waals surface area contributed by atoms with Crippen LogP contribution in [-0.4, -0.2) is 45.6 Å². The summed E-state index contributed by atoms with van der Waals surface area (Å²) in [6, 6.07) is 0. The van der Waals surface area contributed by atoms with Crippen LogP contribution in [-0.2, 0) is 0 Å². The first-order chi connectivity index (χ1) is 2.00. The molecular weight excluding hydrogens is 181 g/mol. The Morgan fingerprint density at radius 2 is 0.875 bits per heavy atom. The average molecular weight is 185 g/mol. The van der Waals surface area contributed by atoms with Crippen molar-refractivity contribution in [1.29, 1.82) is 0 Å². The SMILES string of the molecule is O[Si](O)(O)O.[Al+3].[K+].[Na+]. The third-order valence-electron chi connectivity index (χ3n) is 0. The summed E-state index contributed by atoms with van der Waals surface area (Å²) in [7, 11) is -4.61. The van der Waals surface area contributed by atoms with Crippen LogP contribution in [0.2, 0.25) is 0 Å². The van der Waals surface area contributed by atoms with Crippen LogP contribution in [0, 0.1) is 0 Å². The summed E-state index contributed by atoms with van der Waals surface area (Å²) in [5, 5.41) is 0. The summed E-state index contributed by atoms with van der Waals surface area (Å²) >= 11 is 0. The Labute approximate surface area is 124 Å². The van der Waals surface area contributed by atoms with Gasteiger partial charge in [-0.15, -0.1) is 0 Å². The topological polar surface area (TPSA) is 80.9 Å². The van der Waals surface area contributed by atoms with Gasteiger partial charge in [0.1, 0.15) is 0 Å². The first-order valence-electron chi connectivity index (χ1n) is 0.894. The number of rotatable bonds is 0. The normalized spacial score (nSPS) is 7.50. The Morgan fingerprint density at radius 3 is 0.875 bits per heavy atom. The Balaban J connectivity index is -0.0000000267. The van der Waals surface area contributed by atoms with Crippen molar-refractivity contribution in [2.45, 2.75) is 0 Å². The molecule has 0 saturated carbocycles. The van der Waals surface area contributed by atoms with E-state index in [0.29, 0.717) is 0 Å². The van der Waals surface area contributed by atoms with E-state index >= 15 is 0 Å². The number of hydrogen-bond donors (Lipinski definition) is 4. The molecule has 0 saturated heterocycles. The zero-order valence-electron chi connectivity index (χ0n) is 4.87. The standard InChI is InChI=1S/Al.K.Na.H4O4Si/c;;;1-5(2,3)4/h;;;1-4H/q+3;2*+1;. The monoisotopic (exact) mass is 185 g/mol. The van der Waals surface area contributed by atoms with Crippen LogP contribution in [0.5, 0.6) is 0 Å². The molecule has 0 amide bonds. The first-order valence-corrected chi connectivity index (χ1v) is 2.68. The molecule has 0 aromatic rings. The molecule has 0 radical (unpaired) electrons. The second kappa shape index (κ2) is 10.2. The third kappa shape index (κ3) is 60.0. The van der Waals surface area contributed by atoms with E-state index in [-0.39, 0.29) is 98.3 Å². The fourth-order valence-corrected chi connectivity index (χ4v) is 0. The molecule has 0 unspecified atom stereocenters. The quantitative estimate of drug-likeness (QED) is 0.282. The molecule has 4 N–H and O–H groups in total. The Kier molecular flexibility index (Phi) is 28.7. The summed E-state index contributed by atoms with van der Waals surface area (Å²) in [4.78, 5) is 29.3. The zero-order chi connectivity index (χ0) is 4.50. The second-order valence-corrected chi connectivity index (χ2v) is 1.80. The maximum absolute atomic E-state index is 7.33. The largest absolute Gasteiger partial charge is 3.00 e. The summed E-state index contributed by atoms with van der Waals surface area (Å²) in [5.74, 6) is 0. The Morgan fingerprint density at radius 1 is 0.875 bits per heavy atom. The summed E-state index contributed by atoms with van der Waals surface area (Å²) in [6.45, 7) is 0. The van der Waals surface area contributed by atoms with E-state index in [4.69, 9.17) is 19.2 Å². The van der Waals surface area contributed by atoms with Gasteiger partial charge in [-0.1, -0.05) is 0 Å². The van der Waals surface area contributed by atoms with E-state index < -0.39 is 9.05 Å². The smallest absolute Gasteiger partial charge is 0.368 e. The van der Waals surface area contributed by atoms with E-state index in [9.17, 15) is 0 Å². The summed E-state index contributed by atoms with van der Waals surface area (Å²) in [6.07, 6.45) is 0. The van der Waals surface area contributed by atoms with Crippen LogP contribution < -0.4 is 80.9 Å². The minimum Gasteiger partial charge on any atom is -0.368 e. The van der Waals surface area contributed by atoms with Crippen LogP contribution >= 0.6 is 0 Å². The van der Waals surface area contributed by atoms with E-state index in [1.54, 1.807) is 0 Å². The molecule has 0 aliphatic rings. The van der Waals surface area contributed by atoms with Gasteiger partial charge in [0.15, 0.2) is 0 Å². The van der Waals surface area contributed by atoms with Crippen molar-refractivity contribution in [3.8, 4) is 0 Å². The first kappa shape index (κ1) is 22.5. The molecule has 0 spiro atoms. The molecule has 0 aromatic heterocycles. The summed E-state index contributed by atoms with van der Waals surface area (Å²) in [5.41, 5.74) is 0. The van der Waals surface area contributed by atoms with Gasteiger partial charge >= 0.3 is 107 Å². The fraction of sp³-hybridized carbons (Fsp3) is 0. The predicted octanol–water partition coefficient (Wildman–Crippen LogP) is -8.98. The molecule has 0 aliphatic carbocycles. The molecule has 0 aliphatic heterocycles. The minimum absolute atomic E-state index is 0. The molecule has 0 bridgehead atoms. The molecular formula is H4AlKNaO4Si+5. The van der Waals surface area contributed by atoms with Crippen molar-refractivity contribution < 1.29 is 100 Å². The van der Waals surface area contributed by atoms with E-state index in [1.807, 2.05) is 0 Å². The van der Waals surface area contributed by atoms with Crippen LogP contribution in [0.3, 0.4) is 0 Å². The molecule has 0 heterocycles.